The Kier molecular flexibility index (Phi) is 18.4. The predicted molar refractivity (Wildman–Crippen MR) is 132 cm³/mol. The molecule has 0 saturated carbocycles. The van der Waals surface area contributed by atoms with Gasteiger partial charge in [-0.3, -0.25) is 4.79 Å². The van der Waals surface area contributed by atoms with Crippen molar-refractivity contribution in [3.63, 3.8) is 0 Å². The molecule has 3 N–H and O–H groups in total. The zero-order valence-electron chi connectivity index (χ0n) is 21.8. The van der Waals surface area contributed by atoms with E-state index in [9.17, 15) is 20.1 Å². The smallest absolute Gasteiger partial charge is 0.305 e. The zero-order chi connectivity index (χ0) is 24.4. The van der Waals surface area contributed by atoms with Gasteiger partial charge in [0.2, 0.25) is 0 Å². The number of rotatable bonds is 21. The van der Waals surface area contributed by atoms with E-state index in [0.717, 1.165) is 30.6 Å². The van der Waals surface area contributed by atoms with Crippen LogP contribution in [0.1, 0.15) is 112 Å². The maximum Gasteiger partial charge on any atom is 0.305 e. The standard InChI is InChI=1S/C27H54O5/c1-22(2)10-6-11-23(3)12-7-13-24(4)14-8-15-25(5)16-9-17-26(31)32-21-27(18-28,19-29)20-30/h22-25,28-30H,6-21H2,1-5H3. The van der Waals surface area contributed by atoms with Crippen molar-refractivity contribution < 1.29 is 24.9 Å². The highest BCUT2D eigenvalue weighted by Gasteiger charge is 2.30. The van der Waals surface area contributed by atoms with Gasteiger partial charge in [-0.15, -0.1) is 0 Å². The van der Waals surface area contributed by atoms with Crippen LogP contribution in [-0.2, 0) is 9.53 Å². The third-order valence-corrected chi connectivity index (χ3v) is 6.89. The molecule has 0 amide bonds. The topological polar surface area (TPSA) is 87.0 Å². The molecule has 0 aromatic heterocycles. The summed E-state index contributed by atoms with van der Waals surface area (Å²) in [5.74, 6) is 2.76. The van der Waals surface area contributed by atoms with Gasteiger partial charge in [-0.1, -0.05) is 98.8 Å². The van der Waals surface area contributed by atoms with Crippen molar-refractivity contribution in [2.45, 2.75) is 112 Å². The molecule has 0 heterocycles. The van der Waals surface area contributed by atoms with E-state index in [1.807, 2.05) is 0 Å². The molecule has 0 aromatic rings. The lowest BCUT2D eigenvalue weighted by molar-refractivity contribution is -0.151. The number of hydrogen-bond acceptors (Lipinski definition) is 5. The van der Waals surface area contributed by atoms with Gasteiger partial charge in [0.1, 0.15) is 6.61 Å². The lowest BCUT2D eigenvalue weighted by Crippen LogP contribution is -2.39. The monoisotopic (exact) mass is 458 g/mol. The number of aliphatic hydroxyl groups is 3. The lowest BCUT2D eigenvalue weighted by atomic mass is 9.90. The summed E-state index contributed by atoms with van der Waals surface area (Å²) < 4.78 is 5.14. The van der Waals surface area contributed by atoms with Crippen LogP contribution in [0.25, 0.3) is 0 Å². The number of aliphatic hydroxyl groups excluding tert-OH is 3. The first kappa shape index (κ1) is 31.4. The van der Waals surface area contributed by atoms with Crippen molar-refractivity contribution in [3.8, 4) is 0 Å². The van der Waals surface area contributed by atoms with E-state index in [1.54, 1.807) is 0 Å². The van der Waals surface area contributed by atoms with Gasteiger partial charge >= 0.3 is 5.97 Å². The molecule has 3 atom stereocenters. The number of ether oxygens (including phenoxy) is 1. The first-order valence-corrected chi connectivity index (χ1v) is 13.2. The fraction of sp³-hybridized carbons (Fsp3) is 0.963. The number of carbonyl (C=O) groups excluding carboxylic acids is 1. The molecule has 0 aliphatic rings. The molecule has 5 heteroatoms. The minimum absolute atomic E-state index is 0.153. The molecule has 32 heavy (non-hydrogen) atoms. The molecular weight excluding hydrogens is 404 g/mol. The number of carbonyl (C=O) groups is 1. The maximum atomic E-state index is 11.9. The predicted octanol–water partition coefficient (Wildman–Crippen LogP) is 5.74. The molecule has 0 rings (SSSR count). The molecule has 3 unspecified atom stereocenters. The summed E-state index contributed by atoms with van der Waals surface area (Å²) in [5, 5.41) is 27.8. The van der Waals surface area contributed by atoms with Gasteiger partial charge in [0.05, 0.1) is 25.2 Å². The highest BCUT2D eigenvalue weighted by Crippen LogP contribution is 2.23. The van der Waals surface area contributed by atoms with Crippen LogP contribution in [0.15, 0.2) is 0 Å². The Morgan fingerprint density at radius 2 is 1.03 bits per heavy atom. The van der Waals surface area contributed by atoms with Crippen LogP contribution in [-0.4, -0.2) is 47.7 Å². The average Bonchev–Trinajstić information content (AvgIpc) is 2.75. The second-order valence-corrected chi connectivity index (χ2v) is 11.0. The third kappa shape index (κ3) is 16.0. The van der Waals surface area contributed by atoms with Crippen molar-refractivity contribution in [1.82, 2.24) is 0 Å². The van der Waals surface area contributed by atoms with Crippen LogP contribution < -0.4 is 0 Å². The van der Waals surface area contributed by atoms with E-state index in [1.165, 1.54) is 57.8 Å². The van der Waals surface area contributed by atoms with Gasteiger partial charge in [0.25, 0.3) is 0 Å². The van der Waals surface area contributed by atoms with Crippen LogP contribution in [0.3, 0.4) is 0 Å². The largest absolute Gasteiger partial charge is 0.465 e. The fourth-order valence-electron chi connectivity index (χ4n) is 4.12. The highest BCUT2D eigenvalue weighted by molar-refractivity contribution is 5.69. The summed E-state index contributed by atoms with van der Waals surface area (Å²) >= 11 is 0. The molecule has 0 aliphatic heterocycles. The summed E-state index contributed by atoms with van der Waals surface area (Å²) in [6.07, 6.45) is 14.0. The second-order valence-electron chi connectivity index (χ2n) is 11.0. The van der Waals surface area contributed by atoms with Crippen LogP contribution in [0, 0.1) is 29.1 Å². The van der Waals surface area contributed by atoms with Gasteiger partial charge in [0.15, 0.2) is 0 Å². The quantitative estimate of drug-likeness (QED) is 0.191. The molecule has 0 aliphatic carbocycles. The van der Waals surface area contributed by atoms with Crippen LogP contribution in [0.4, 0.5) is 0 Å². The molecule has 0 bridgehead atoms. The number of hydrogen-bond donors (Lipinski definition) is 3. The van der Waals surface area contributed by atoms with Crippen molar-refractivity contribution in [2.75, 3.05) is 26.4 Å². The first-order valence-electron chi connectivity index (χ1n) is 13.2. The van der Waals surface area contributed by atoms with Gasteiger partial charge < -0.3 is 20.1 Å². The van der Waals surface area contributed by atoms with Crippen LogP contribution in [0.5, 0.6) is 0 Å². The van der Waals surface area contributed by atoms with E-state index in [-0.39, 0.29) is 12.6 Å². The minimum Gasteiger partial charge on any atom is -0.465 e. The average molecular weight is 459 g/mol. The Morgan fingerprint density at radius 1 is 0.656 bits per heavy atom. The molecule has 192 valence electrons. The van der Waals surface area contributed by atoms with E-state index in [2.05, 4.69) is 34.6 Å². The maximum absolute atomic E-state index is 11.9. The van der Waals surface area contributed by atoms with E-state index in [4.69, 9.17) is 4.74 Å². The molecule has 5 nitrogen and oxygen atoms in total. The van der Waals surface area contributed by atoms with Crippen molar-refractivity contribution >= 4 is 5.97 Å². The van der Waals surface area contributed by atoms with E-state index in [0.29, 0.717) is 12.3 Å². The summed E-state index contributed by atoms with van der Waals surface area (Å²) in [7, 11) is 0. The van der Waals surface area contributed by atoms with Crippen molar-refractivity contribution in [2.24, 2.45) is 29.1 Å². The van der Waals surface area contributed by atoms with Gasteiger partial charge in [0, 0.05) is 6.42 Å². The molecule has 0 radical (unpaired) electrons. The summed E-state index contributed by atoms with van der Waals surface area (Å²) in [6, 6.07) is 0. The number of esters is 1. The summed E-state index contributed by atoms with van der Waals surface area (Å²) in [6.45, 7) is 10.3. The molecule has 0 saturated heterocycles. The SMILES string of the molecule is CC(C)CCCC(C)CCCC(C)CCCC(C)CCCC(=O)OCC(CO)(CO)CO. The van der Waals surface area contributed by atoms with Crippen LogP contribution in [0.2, 0.25) is 0 Å². The molecular formula is C27H54O5. The van der Waals surface area contributed by atoms with E-state index < -0.39 is 25.2 Å². The third-order valence-electron chi connectivity index (χ3n) is 6.89. The van der Waals surface area contributed by atoms with Gasteiger partial charge in [-0.05, 0) is 30.1 Å². The normalized spacial score (nSPS) is 15.0. The fourth-order valence-corrected chi connectivity index (χ4v) is 4.12. The molecule has 0 fully saturated rings. The Hall–Kier alpha value is -0.650. The summed E-state index contributed by atoms with van der Waals surface area (Å²) in [4.78, 5) is 11.9. The van der Waals surface area contributed by atoms with Crippen molar-refractivity contribution in [3.05, 3.63) is 0 Å². The molecule has 0 spiro atoms. The Morgan fingerprint density at radius 3 is 1.41 bits per heavy atom. The highest BCUT2D eigenvalue weighted by atomic mass is 16.5. The summed E-state index contributed by atoms with van der Waals surface area (Å²) in [5.41, 5.74) is -1.15. The zero-order valence-corrected chi connectivity index (χ0v) is 21.8. The van der Waals surface area contributed by atoms with Gasteiger partial charge in [-0.25, -0.2) is 0 Å². The van der Waals surface area contributed by atoms with Gasteiger partial charge in [-0.2, -0.15) is 0 Å². The Balaban J connectivity index is 3.77. The van der Waals surface area contributed by atoms with E-state index >= 15 is 0 Å². The van der Waals surface area contributed by atoms with Crippen molar-refractivity contribution in [1.29, 1.82) is 0 Å². The van der Waals surface area contributed by atoms with Crippen LogP contribution >= 0.6 is 0 Å². The Bertz CT molecular complexity index is 439. The lowest BCUT2D eigenvalue weighted by Gasteiger charge is -2.26. The molecule has 0 aromatic carbocycles. The Labute approximate surface area is 198 Å². The first-order chi connectivity index (χ1) is 15.2. The minimum atomic E-state index is -1.15. The second kappa shape index (κ2) is 18.7.